The first-order valence-corrected chi connectivity index (χ1v) is 5.82. The van der Waals surface area contributed by atoms with E-state index in [1.807, 2.05) is 0 Å². The van der Waals surface area contributed by atoms with E-state index in [1.165, 1.54) is 0 Å². The Bertz CT molecular complexity index is 59.1. The summed E-state index contributed by atoms with van der Waals surface area (Å²) in [6.07, 6.45) is -5.71. The van der Waals surface area contributed by atoms with Crippen molar-refractivity contribution >= 4 is 27.6 Å². The van der Waals surface area contributed by atoms with E-state index in [0.29, 0.717) is 0 Å². The maximum Gasteiger partial charge on any atom is 0.270 e. The smallest absolute Gasteiger partial charge is 0.204 e. The number of alkyl halides is 4. The lowest BCUT2D eigenvalue weighted by molar-refractivity contribution is 0.209. The van der Waals surface area contributed by atoms with Crippen molar-refractivity contribution in [1.82, 2.24) is 0 Å². The summed E-state index contributed by atoms with van der Waals surface area (Å²) in [7, 11) is 0. The molecule has 0 rings (SSSR count). The fourth-order valence-electron chi connectivity index (χ4n) is 0.0852. The van der Waals surface area contributed by atoms with Crippen molar-refractivity contribution < 1.29 is 17.6 Å². The molecular weight excluding hydrogens is 258 g/mol. The molecule has 0 unspecified atom stereocenters. The van der Waals surface area contributed by atoms with Crippen LogP contribution in [0.5, 0.6) is 0 Å². The third-order valence-electron chi connectivity index (χ3n) is 0.373. The number of rotatable bonds is 2. The Hall–Kier alpha value is 0.880. The number of halogens is 5. The van der Waals surface area contributed by atoms with Crippen molar-refractivity contribution in [3.05, 3.63) is 0 Å². The molecule has 0 aromatic carbocycles. The van der Waals surface area contributed by atoms with Gasteiger partial charge in [0, 0.05) is 0 Å². The first-order valence-electron chi connectivity index (χ1n) is 1.56. The zero-order chi connectivity index (χ0) is 6.73. The molecule has 0 bridgehead atoms. The first-order chi connectivity index (χ1) is 3.55. The van der Waals surface area contributed by atoms with Gasteiger partial charge in [0.05, 0.1) is 5.56 Å². The van der Waals surface area contributed by atoms with E-state index in [9.17, 15) is 17.6 Å². The molecule has 0 heterocycles. The Kier molecular flexibility index (Phi) is 4.24. The van der Waals surface area contributed by atoms with Crippen LogP contribution in [0.3, 0.4) is 0 Å². The maximum absolute atomic E-state index is 11.2. The molecule has 0 aliphatic heterocycles. The summed E-state index contributed by atoms with van der Waals surface area (Å²) in [6.45, 7) is 0. The number of hydrogen-bond donors (Lipinski definition) is 0. The molecule has 6 heteroatoms. The molecule has 0 aromatic rings. The van der Waals surface area contributed by atoms with E-state index >= 15 is 0 Å². The van der Waals surface area contributed by atoms with Gasteiger partial charge < -0.3 is 0 Å². The molecule has 0 spiro atoms. The fourth-order valence-corrected chi connectivity index (χ4v) is 0.256. The zero-order valence-electron chi connectivity index (χ0n) is 3.49. The Morgan fingerprint density at radius 3 is 1.25 bits per heavy atom. The van der Waals surface area contributed by atoms with Gasteiger partial charge in [-0.05, 0) is 22.0 Å². The minimum absolute atomic E-state index is 1.09. The molecule has 0 radical (unpaired) electrons. The Morgan fingerprint density at radius 1 is 1.00 bits per heavy atom. The molecule has 0 fully saturated rings. The van der Waals surface area contributed by atoms with Gasteiger partial charge in [0.1, 0.15) is 0 Å². The van der Waals surface area contributed by atoms with Gasteiger partial charge in [-0.15, -0.1) is 0 Å². The van der Waals surface area contributed by atoms with E-state index in [-0.39, 0.29) is 0 Å². The summed E-state index contributed by atoms with van der Waals surface area (Å²) >= 11 is 1.09. The summed E-state index contributed by atoms with van der Waals surface area (Å²) in [6, 6.07) is 0. The van der Waals surface area contributed by atoms with Gasteiger partial charge in [0.25, 0.3) is 12.3 Å². The van der Waals surface area contributed by atoms with Crippen LogP contribution >= 0.6 is 27.6 Å². The summed E-state index contributed by atoms with van der Waals surface area (Å²) in [5.74, 6) is 0. The molecule has 8 heavy (non-hydrogen) atoms. The Balaban J connectivity index is 3.46. The van der Waals surface area contributed by atoms with Crippen LogP contribution in [0.25, 0.3) is 0 Å². The lowest BCUT2D eigenvalue weighted by Gasteiger charge is -2.04. The van der Waals surface area contributed by atoms with Crippen LogP contribution in [0.4, 0.5) is 17.6 Å². The van der Waals surface area contributed by atoms with Crippen LogP contribution in [-0.4, -0.2) is 12.3 Å². The van der Waals surface area contributed by atoms with E-state index in [1.54, 1.807) is 0 Å². The van der Waals surface area contributed by atoms with Crippen LogP contribution in [0.1, 0.15) is 0 Å². The van der Waals surface area contributed by atoms with Crippen LogP contribution in [0.2, 0.25) is 0 Å². The highest BCUT2D eigenvalue weighted by Gasteiger charge is 2.25. The first kappa shape index (κ1) is 8.88. The van der Waals surface area contributed by atoms with Crippen molar-refractivity contribution in [2.75, 3.05) is 0 Å². The van der Waals surface area contributed by atoms with Crippen molar-refractivity contribution in [1.29, 1.82) is 0 Å². The summed E-state index contributed by atoms with van der Waals surface area (Å²) < 4.78 is 44.9. The summed E-state index contributed by atoms with van der Waals surface area (Å²) in [5, 5.41) is 0. The van der Waals surface area contributed by atoms with E-state index < -0.39 is 17.9 Å². The molecule has 0 atom stereocenters. The Labute approximate surface area is 57.9 Å². The molecule has 0 amide bonds. The minimum Gasteiger partial charge on any atom is -0.204 e. The summed E-state index contributed by atoms with van der Waals surface area (Å²) in [5.41, 5.74) is -2.40. The van der Waals surface area contributed by atoms with Gasteiger partial charge in [-0.3, -0.25) is 0 Å². The third kappa shape index (κ3) is 3.02. The van der Waals surface area contributed by atoms with Gasteiger partial charge in [0.2, 0.25) is 0 Å². The van der Waals surface area contributed by atoms with Crippen LogP contribution in [0, 0.1) is 0 Å². The predicted octanol–water partition coefficient (Wildman–Crippen LogP) is 3.26. The average molecular weight is 260 g/mol. The van der Waals surface area contributed by atoms with Crippen molar-refractivity contribution in [3.63, 3.8) is 0 Å². The normalized spacial score (nSPS) is 12.0. The van der Waals surface area contributed by atoms with E-state index in [2.05, 4.69) is 0 Å². The minimum atomic E-state index is -2.86. The van der Waals surface area contributed by atoms with Crippen molar-refractivity contribution in [3.8, 4) is 0 Å². The predicted molar refractivity (Wildman–Crippen MR) is 32.9 cm³/mol. The Morgan fingerprint density at radius 2 is 1.25 bits per heavy atom. The highest BCUT2D eigenvalue weighted by molar-refractivity contribution is 14.2. The van der Waals surface area contributed by atoms with Gasteiger partial charge in [0.15, 0.2) is 0 Å². The van der Waals surface area contributed by atoms with Gasteiger partial charge in [-0.25, -0.2) is 17.6 Å². The lowest BCUT2D eigenvalue weighted by Crippen LogP contribution is -1.90. The largest absolute Gasteiger partial charge is 0.270 e. The average Bonchev–Trinajstić information content (AvgIpc) is 1.64. The molecule has 0 aromatic heterocycles. The fraction of sp³-hybridized carbons (Fsp3) is 1.00. The summed E-state index contributed by atoms with van der Waals surface area (Å²) in [4.78, 5) is 0. The van der Waals surface area contributed by atoms with Crippen LogP contribution < -0.4 is 0 Å². The van der Waals surface area contributed by atoms with Gasteiger partial charge in [-0.1, -0.05) is 0 Å². The molecule has 0 aliphatic carbocycles. The highest BCUT2D eigenvalue weighted by Crippen LogP contribution is 2.56. The molecule has 50 valence electrons. The van der Waals surface area contributed by atoms with Crippen LogP contribution in [-0.2, 0) is 0 Å². The lowest BCUT2D eigenvalue weighted by atomic mass is 11.6. The second-order valence-electron chi connectivity index (χ2n) is 0.900. The topological polar surface area (TPSA) is 0 Å². The zero-order valence-corrected chi connectivity index (χ0v) is 6.54. The second-order valence-corrected chi connectivity index (χ2v) is 5.71. The second kappa shape index (κ2) is 3.82. The SMILES string of the molecule is FC(F)P(I)C(F)F. The maximum atomic E-state index is 11.2. The molecular formula is C2H2F4IP. The quantitative estimate of drug-likeness (QED) is 0.406. The van der Waals surface area contributed by atoms with Crippen molar-refractivity contribution in [2.24, 2.45) is 0 Å². The third-order valence-corrected chi connectivity index (χ3v) is 3.65. The monoisotopic (exact) mass is 260 g/mol. The van der Waals surface area contributed by atoms with Crippen molar-refractivity contribution in [2.45, 2.75) is 12.3 Å². The van der Waals surface area contributed by atoms with E-state index in [4.69, 9.17) is 0 Å². The molecule has 0 nitrogen and oxygen atoms in total. The van der Waals surface area contributed by atoms with Gasteiger partial charge in [-0.2, -0.15) is 0 Å². The van der Waals surface area contributed by atoms with Gasteiger partial charge >= 0.3 is 0 Å². The molecule has 0 N–H and O–H groups in total. The highest BCUT2D eigenvalue weighted by atomic mass is 127. The molecule has 0 saturated carbocycles. The number of hydrogen-bond acceptors (Lipinski definition) is 0. The molecule has 0 aliphatic rings. The molecule has 0 saturated heterocycles. The van der Waals surface area contributed by atoms with E-state index in [0.717, 1.165) is 22.0 Å². The van der Waals surface area contributed by atoms with Crippen LogP contribution in [0.15, 0.2) is 0 Å². The standard InChI is InChI=1S/C2H2F4IP/c3-1(4)8(7)2(5)6/h1-2H.